The van der Waals surface area contributed by atoms with E-state index in [1.54, 1.807) is 12.1 Å². The quantitative estimate of drug-likeness (QED) is 0.406. The monoisotopic (exact) mass is 325 g/mol. The summed E-state index contributed by atoms with van der Waals surface area (Å²) in [5.74, 6) is 0.654. The Morgan fingerprint density at radius 1 is 1.27 bits per heavy atom. The molecule has 0 atom stereocenters. The molecule has 0 spiro atoms. The van der Waals surface area contributed by atoms with E-state index in [1.165, 1.54) is 6.07 Å². The molecule has 0 fully saturated rings. The number of rotatable bonds is 7. The molecule has 0 N–H and O–H groups in total. The smallest absolute Gasteiger partial charge is 0.275 e. The first-order chi connectivity index (χ1) is 10.1. The zero-order valence-electron chi connectivity index (χ0n) is 14.4. The minimum absolute atomic E-state index is 0.0676. The number of nitrogens with zero attached hydrogens (tertiary/aromatic N) is 1. The van der Waals surface area contributed by atoms with Gasteiger partial charge in [-0.1, -0.05) is 27.7 Å². The fraction of sp³-hybridized carbons (Fsp3) is 0.625. The summed E-state index contributed by atoms with van der Waals surface area (Å²) >= 11 is 0. The van der Waals surface area contributed by atoms with Gasteiger partial charge in [-0.3, -0.25) is 10.1 Å². The molecule has 1 aromatic carbocycles. The molecule has 0 heterocycles. The second-order valence-corrected chi connectivity index (χ2v) is 11.8. The van der Waals surface area contributed by atoms with Gasteiger partial charge in [-0.05, 0) is 36.7 Å². The Morgan fingerprint density at radius 2 is 1.91 bits per heavy atom. The SMILES string of the molecule is CCCOc1ccc([N+](=O)[O-])c(CO[Si](C)(C)C(C)(C)C)c1. The highest BCUT2D eigenvalue weighted by Crippen LogP contribution is 2.37. The molecular weight excluding hydrogens is 298 g/mol. The molecule has 0 aliphatic heterocycles. The number of ether oxygens (including phenoxy) is 1. The van der Waals surface area contributed by atoms with Gasteiger partial charge in [0.2, 0.25) is 0 Å². The van der Waals surface area contributed by atoms with Crippen molar-refractivity contribution in [3.63, 3.8) is 0 Å². The summed E-state index contributed by atoms with van der Waals surface area (Å²) in [6.07, 6.45) is 0.896. The summed E-state index contributed by atoms with van der Waals surface area (Å²) in [6.45, 7) is 13.6. The van der Waals surface area contributed by atoms with E-state index in [0.29, 0.717) is 17.9 Å². The average Bonchev–Trinajstić information content (AvgIpc) is 2.41. The van der Waals surface area contributed by atoms with E-state index >= 15 is 0 Å². The number of benzene rings is 1. The Morgan fingerprint density at radius 3 is 2.41 bits per heavy atom. The molecule has 5 nitrogen and oxygen atoms in total. The van der Waals surface area contributed by atoms with Crippen LogP contribution >= 0.6 is 0 Å². The third-order valence-corrected chi connectivity index (χ3v) is 8.59. The minimum Gasteiger partial charge on any atom is -0.494 e. The Bertz CT molecular complexity index is 523. The summed E-state index contributed by atoms with van der Waals surface area (Å²) in [6, 6.07) is 4.86. The van der Waals surface area contributed by atoms with Crippen LogP contribution in [-0.2, 0) is 11.0 Å². The lowest BCUT2D eigenvalue weighted by atomic mass is 10.2. The minimum atomic E-state index is -1.95. The van der Waals surface area contributed by atoms with Crippen molar-refractivity contribution in [1.82, 2.24) is 0 Å². The van der Waals surface area contributed by atoms with Crippen molar-refractivity contribution in [2.45, 2.75) is 58.9 Å². The first-order valence-electron chi connectivity index (χ1n) is 7.62. The van der Waals surface area contributed by atoms with E-state index < -0.39 is 8.32 Å². The van der Waals surface area contributed by atoms with Crippen LogP contribution in [0.4, 0.5) is 5.69 Å². The molecule has 0 saturated heterocycles. The van der Waals surface area contributed by atoms with Gasteiger partial charge < -0.3 is 9.16 Å². The highest BCUT2D eigenvalue weighted by molar-refractivity contribution is 6.74. The molecule has 1 rings (SSSR count). The molecule has 0 amide bonds. The van der Waals surface area contributed by atoms with E-state index in [9.17, 15) is 10.1 Å². The van der Waals surface area contributed by atoms with Crippen LogP contribution in [0.1, 0.15) is 39.7 Å². The van der Waals surface area contributed by atoms with Crippen molar-refractivity contribution in [1.29, 1.82) is 0 Å². The van der Waals surface area contributed by atoms with Crippen LogP contribution in [-0.4, -0.2) is 19.8 Å². The van der Waals surface area contributed by atoms with Crippen molar-refractivity contribution in [3.8, 4) is 5.75 Å². The van der Waals surface area contributed by atoms with Gasteiger partial charge in [0, 0.05) is 6.07 Å². The largest absolute Gasteiger partial charge is 0.494 e. The molecule has 0 aliphatic carbocycles. The van der Waals surface area contributed by atoms with E-state index in [2.05, 4.69) is 33.9 Å². The molecule has 6 heteroatoms. The number of hydrogen-bond acceptors (Lipinski definition) is 4. The van der Waals surface area contributed by atoms with Crippen molar-refractivity contribution in [2.75, 3.05) is 6.61 Å². The third kappa shape index (κ3) is 4.81. The van der Waals surface area contributed by atoms with Gasteiger partial charge in [0.15, 0.2) is 8.32 Å². The highest BCUT2D eigenvalue weighted by Gasteiger charge is 2.37. The fourth-order valence-electron chi connectivity index (χ4n) is 1.64. The molecule has 0 unspecified atom stereocenters. The Balaban J connectivity index is 2.97. The van der Waals surface area contributed by atoms with E-state index in [1.807, 2.05) is 6.92 Å². The lowest BCUT2D eigenvalue weighted by molar-refractivity contribution is -0.385. The van der Waals surface area contributed by atoms with Gasteiger partial charge in [0.1, 0.15) is 5.75 Å². The van der Waals surface area contributed by atoms with Crippen molar-refractivity contribution in [3.05, 3.63) is 33.9 Å². The maximum atomic E-state index is 11.2. The van der Waals surface area contributed by atoms with E-state index in [4.69, 9.17) is 9.16 Å². The van der Waals surface area contributed by atoms with Gasteiger partial charge in [0.25, 0.3) is 5.69 Å². The fourth-order valence-corrected chi connectivity index (χ4v) is 2.59. The molecular formula is C16H27NO4Si. The van der Waals surface area contributed by atoms with Crippen LogP contribution in [0.25, 0.3) is 0 Å². The van der Waals surface area contributed by atoms with Crippen molar-refractivity contribution in [2.24, 2.45) is 0 Å². The Hall–Kier alpha value is -1.40. The van der Waals surface area contributed by atoms with Gasteiger partial charge in [-0.25, -0.2) is 0 Å². The van der Waals surface area contributed by atoms with Crippen LogP contribution in [0, 0.1) is 10.1 Å². The zero-order valence-corrected chi connectivity index (χ0v) is 15.4. The van der Waals surface area contributed by atoms with Crippen molar-refractivity contribution < 1.29 is 14.1 Å². The van der Waals surface area contributed by atoms with Gasteiger partial charge in [0.05, 0.1) is 23.7 Å². The third-order valence-electron chi connectivity index (χ3n) is 4.12. The first-order valence-corrected chi connectivity index (χ1v) is 10.5. The molecule has 0 saturated carbocycles. The number of nitro groups is 1. The lowest BCUT2D eigenvalue weighted by Gasteiger charge is -2.36. The summed E-state index contributed by atoms with van der Waals surface area (Å²) in [7, 11) is -1.95. The van der Waals surface area contributed by atoms with Crippen LogP contribution < -0.4 is 4.74 Å². The van der Waals surface area contributed by atoms with Gasteiger partial charge in [-0.15, -0.1) is 0 Å². The molecule has 0 aromatic heterocycles. The van der Waals surface area contributed by atoms with Gasteiger partial charge in [-0.2, -0.15) is 0 Å². The van der Waals surface area contributed by atoms with Gasteiger partial charge >= 0.3 is 0 Å². The molecule has 0 radical (unpaired) electrons. The van der Waals surface area contributed by atoms with Crippen LogP contribution in [0.2, 0.25) is 18.1 Å². The zero-order chi connectivity index (χ0) is 17.0. The standard InChI is InChI=1S/C16H27NO4Si/c1-7-10-20-14-8-9-15(17(18)19)13(11-14)12-21-22(5,6)16(2,3)4/h8-9,11H,7,10,12H2,1-6H3. The number of hydrogen-bond donors (Lipinski definition) is 0. The molecule has 0 aliphatic rings. The van der Waals surface area contributed by atoms with Crippen LogP contribution in [0.15, 0.2) is 18.2 Å². The summed E-state index contributed by atoms with van der Waals surface area (Å²) in [5.41, 5.74) is 0.658. The predicted molar refractivity (Wildman–Crippen MR) is 90.9 cm³/mol. The van der Waals surface area contributed by atoms with E-state index in [-0.39, 0.29) is 22.3 Å². The summed E-state index contributed by atoms with van der Waals surface area (Å²) in [5, 5.41) is 11.3. The predicted octanol–water partition coefficient (Wildman–Crippen LogP) is 4.91. The second kappa shape index (κ2) is 7.24. The highest BCUT2D eigenvalue weighted by atomic mass is 28.4. The number of nitro benzene ring substituents is 1. The maximum absolute atomic E-state index is 11.2. The first kappa shape index (κ1) is 18.6. The molecule has 22 heavy (non-hydrogen) atoms. The van der Waals surface area contributed by atoms with Crippen molar-refractivity contribution >= 4 is 14.0 Å². The summed E-state index contributed by atoms with van der Waals surface area (Å²) in [4.78, 5) is 10.8. The topological polar surface area (TPSA) is 61.6 Å². The Labute approximate surface area is 133 Å². The van der Waals surface area contributed by atoms with E-state index in [0.717, 1.165) is 6.42 Å². The normalized spacial score (nSPS) is 12.3. The summed E-state index contributed by atoms with van der Waals surface area (Å²) < 4.78 is 11.7. The second-order valence-electron chi connectivity index (χ2n) is 6.95. The van der Waals surface area contributed by atoms with Crippen LogP contribution in [0.3, 0.4) is 0 Å². The average molecular weight is 325 g/mol. The molecule has 1 aromatic rings. The maximum Gasteiger partial charge on any atom is 0.275 e. The lowest BCUT2D eigenvalue weighted by Crippen LogP contribution is -2.40. The van der Waals surface area contributed by atoms with Crippen LogP contribution in [0.5, 0.6) is 5.75 Å². The molecule has 0 bridgehead atoms. The Kier molecular flexibility index (Phi) is 6.14. The molecule has 124 valence electrons.